The van der Waals surface area contributed by atoms with Crippen LogP contribution in [0.4, 0.5) is 0 Å². The number of aryl methyl sites for hydroxylation is 3. The molecule has 2 aromatic carbocycles. The number of ketones is 1. The second-order valence-electron chi connectivity index (χ2n) is 6.58. The number of carbonyl (C=O) groups is 1. The maximum Gasteiger partial charge on any atom is 0.161 e. The van der Waals surface area contributed by atoms with Crippen molar-refractivity contribution in [2.75, 3.05) is 6.61 Å². The number of hydrogen-bond acceptors (Lipinski definition) is 2. The third-order valence-electron chi connectivity index (χ3n) is 4.68. The van der Waals surface area contributed by atoms with Crippen LogP contribution in [0.15, 0.2) is 42.6 Å². The number of fused-ring (bicyclic) bond motifs is 1. The molecule has 0 saturated carbocycles. The van der Waals surface area contributed by atoms with Crippen molar-refractivity contribution in [3.05, 3.63) is 64.8 Å². The van der Waals surface area contributed by atoms with Gasteiger partial charge in [0.25, 0.3) is 0 Å². The van der Waals surface area contributed by atoms with Crippen molar-refractivity contribution in [2.45, 2.75) is 40.7 Å². The lowest BCUT2D eigenvalue weighted by Crippen LogP contribution is -2.09. The van der Waals surface area contributed by atoms with E-state index < -0.39 is 0 Å². The van der Waals surface area contributed by atoms with Crippen LogP contribution in [-0.4, -0.2) is 17.0 Å². The fourth-order valence-electron chi connectivity index (χ4n) is 3.30. The van der Waals surface area contributed by atoms with E-state index in [-0.39, 0.29) is 5.78 Å². The Morgan fingerprint density at radius 3 is 2.68 bits per heavy atom. The van der Waals surface area contributed by atoms with Crippen LogP contribution in [0, 0.1) is 13.8 Å². The lowest BCUT2D eigenvalue weighted by Gasteiger charge is -2.12. The topological polar surface area (TPSA) is 31.2 Å². The van der Waals surface area contributed by atoms with E-state index in [1.807, 2.05) is 18.3 Å². The number of carbonyl (C=O) groups excluding carboxylic acids is 1. The number of benzene rings is 2. The predicted molar refractivity (Wildman–Crippen MR) is 103 cm³/mol. The van der Waals surface area contributed by atoms with Gasteiger partial charge in [-0.1, -0.05) is 37.3 Å². The van der Waals surface area contributed by atoms with Crippen LogP contribution >= 0.6 is 0 Å². The highest BCUT2D eigenvalue weighted by molar-refractivity contribution is 6.07. The molecule has 0 fully saturated rings. The van der Waals surface area contributed by atoms with Gasteiger partial charge in [-0.25, -0.2) is 0 Å². The zero-order valence-corrected chi connectivity index (χ0v) is 15.4. The minimum absolute atomic E-state index is 0.104. The van der Waals surface area contributed by atoms with Crippen molar-refractivity contribution in [3.63, 3.8) is 0 Å². The first-order valence-corrected chi connectivity index (χ1v) is 8.83. The highest BCUT2D eigenvalue weighted by Gasteiger charge is 2.14. The number of aromatic nitrogens is 1. The molecule has 3 rings (SSSR count). The Labute approximate surface area is 149 Å². The molecule has 0 spiro atoms. The van der Waals surface area contributed by atoms with Gasteiger partial charge in [-0.05, 0) is 49.9 Å². The summed E-state index contributed by atoms with van der Waals surface area (Å²) in [5.41, 5.74) is 5.54. The van der Waals surface area contributed by atoms with Gasteiger partial charge >= 0.3 is 0 Å². The number of nitrogens with zero attached hydrogens (tertiary/aromatic N) is 1. The highest BCUT2D eigenvalue weighted by atomic mass is 16.5. The lowest BCUT2D eigenvalue weighted by atomic mass is 10.1. The molecule has 1 heterocycles. The Hall–Kier alpha value is -2.55. The molecular weight excluding hydrogens is 310 g/mol. The summed E-state index contributed by atoms with van der Waals surface area (Å²) >= 11 is 0. The molecule has 1 aromatic heterocycles. The van der Waals surface area contributed by atoms with Crippen LogP contribution in [0.1, 0.15) is 40.9 Å². The zero-order chi connectivity index (χ0) is 18.0. The second-order valence-corrected chi connectivity index (χ2v) is 6.58. The molecule has 25 heavy (non-hydrogen) atoms. The van der Waals surface area contributed by atoms with E-state index in [2.05, 4.69) is 49.6 Å². The molecule has 3 heteroatoms. The van der Waals surface area contributed by atoms with Gasteiger partial charge < -0.3 is 9.30 Å². The van der Waals surface area contributed by atoms with Gasteiger partial charge in [-0.15, -0.1) is 0 Å². The average molecular weight is 335 g/mol. The van der Waals surface area contributed by atoms with Crippen LogP contribution < -0.4 is 4.74 Å². The Morgan fingerprint density at radius 2 is 1.96 bits per heavy atom. The summed E-state index contributed by atoms with van der Waals surface area (Å²) in [6, 6.07) is 12.4. The summed E-state index contributed by atoms with van der Waals surface area (Å²) in [7, 11) is 0. The molecule has 0 aliphatic rings. The maximum atomic E-state index is 12.0. The van der Waals surface area contributed by atoms with E-state index in [0.29, 0.717) is 13.2 Å². The quantitative estimate of drug-likeness (QED) is 0.587. The van der Waals surface area contributed by atoms with Crippen molar-refractivity contribution in [1.82, 2.24) is 4.57 Å². The van der Waals surface area contributed by atoms with Gasteiger partial charge in [0.1, 0.15) is 12.4 Å². The van der Waals surface area contributed by atoms with Crippen LogP contribution in [-0.2, 0) is 13.0 Å². The molecule has 0 unspecified atom stereocenters. The molecule has 0 saturated heterocycles. The smallest absolute Gasteiger partial charge is 0.161 e. The normalized spacial score (nSPS) is 11.0. The molecule has 0 aliphatic heterocycles. The van der Waals surface area contributed by atoms with Gasteiger partial charge in [0.2, 0.25) is 0 Å². The predicted octanol–water partition coefficient (Wildman–Crippen LogP) is 5.10. The fourth-order valence-corrected chi connectivity index (χ4v) is 3.30. The molecule has 0 atom stereocenters. The molecular formula is C22H25NO2. The first-order valence-electron chi connectivity index (χ1n) is 8.83. The number of hydrogen-bond donors (Lipinski definition) is 0. The largest absolute Gasteiger partial charge is 0.491 e. The van der Waals surface area contributed by atoms with Gasteiger partial charge in [-0.3, -0.25) is 4.79 Å². The monoisotopic (exact) mass is 335 g/mol. The van der Waals surface area contributed by atoms with Crippen LogP contribution in [0.3, 0.4) is 0 Å². The Bertz CT molecular complexity index is 921. The molecule has 130 valence electrons. The minimum Gasteiger partial charge on any atom is -0.491 e. The van der Waals surface area contributed by atoms with Gasteiger partial charge in [0.05, 0.1) is 12.1 Å². The zero-order valence-electron chi connectivity index (χ0n) is 15.4. The SMILES string of the molecule is CCc1cccc2c(C(C)=O)cn(CCOc3cc(C)ccc3C)c12. The van der Waals surface area contributed by atoms with Crippen molar-refractivity contribution in [1.29, 1.82) is 0 Å². The summed E-state index contributed by atoms with van der Waals surface area (Å²) in [6.45, 7) is 9.19. The molecule has 0 bridgehead atoms. The highest BCUT2D eigenvalue weighted by Crippen LogP contribution is 2.26. The first kappa shape index (κ1) is 17.3. The second kappa shape index (κ2) is 7.14. The molecule has 3 nitrogen and oxygen atoms in total. The Balaban J connectivity index is 1.88. The van der Waals surface area contributed by atoms with Gasteiger partial charge in [0.15, 0.2) is 5.78 Å². The van der Waals surface area contributed by atoms with Crippen molar-refractivity contribution in [3.8, 4) is 5.75 Å². The third kappa shape index (κ3) is 3.46. The summed E-state index contributed by atoms with van der Waals surface area (Å²) in [5.74, 6) is 1.03. The third-order valence-corrected chi connectivity index (χ3v) is 4.68. The van der Waals surface area contributed by atoms with Crippen LogP contribution in [0.5, 0.6) is 5.75 Å². The summed E-state index contributed by atoms with van der Waals surface area (Å²) in [6.07, 6.45) is 2.91. The summed E-state index contributed by atoms with van der Waals surface area (Å²) in [5, 5.41) is 1.04. The molecule has 3 aromatic rings. The van der Waals surface area contributed by atoms with Crippen molar-refractivity contribution in [2.24, 2.45) is 0 Å². The summed E-state index contributed by atoms with van der Waals surface area (Å²) in [4.78, 5) is 12.0. The lowest BCUT2D eigenvalue weighted by molar-refractivity contribution is 0.101. The standard InChI is InChI=1S/C22H25NO2/c1-5-18-7-6-8-19-20(17(4)24)14-23(22(18)19)11-12-25-21-13-15(2)9-10-16(21)3/h6-10,13-14H,5,11-12H2,1-4H3. The maximum absolute atomic E-state index is 12.0. The number of ether oxygens (including phenoxy) is 1. The van der Waals surface area contributed by atoms with Crippen LogP contribution in [0.25, 0.3) is 10.9 Å². The van der Waals surface area contributed by atoms with Gasteiger partial charge in [0, 0.05) is 17.1 Å². The Kier molecular flexibility index (Phi) is 4.93. The van der Waals surface area contributed by atoms with E-state index in [4.69, 9.17) is 4.74 Å². The molecule has 0 radical (unpaired) electrons. The van der Waals surface area contributed by atoms with Crippen LogP contribution in [0.2, 0.25) is 0 Å². The fraction of sp³-hybridized carbons (Fsp3) is 0.318. The van der Waals surface area contributed by atoms with E-state index >= 15 is 0 Å². The number of para-hydroxylation sites is 1. The van der Waals surface area contributed by atoms with E-state index in [1.54, 1.807) is 6.92 Å². The van der Waals surface area contributed by atoms with Gasteiger partial charge in [-0.2, -0.15) is 0 Å². The summed E-state index contributed by atoms with van der Waals surface area (Å²) < 4.78 is 8.17. The Morgan fingerprint density at radius 1 is 1.16 bits per heavy atom. The average Bonchev–Trinajstić information content (AvgIpc) is 2.97. The number of Topliss-reactive ketones (excluding diaryl/α,β-unsaturated/α-hetero) is 1. The molecule has 0 aliphatic carbocycles. The first-order chi connectivity index (χ1) is 12.0. The molecule has 0 N–H and O–H groups in total. The minimum atomic E-state index is 0.104. The molecule has 0 amide bonds. The number of rotatable bonds is 6. The van der Waals surface area contributed by atoms with Crippen molar-refractivity contribution < 1.29 is 9.53 Å². The van der Waals surface area contributed by atoms with E-state index in [0.717, 1.165) is 34.2 Å². The van der Waals surface area contributed by atoms with E-state index in [1.165, 1.54) is 11.1 Å². The van der Waals surface area contributed by atoms with E-state index in [9.17, 15) is 4.79 Å². The van der Waals surface area contributed by atoms with Crippen molar-refractivity contribution >= 4 is 16.7 Å².